The van der Waals surface area contributed by atoms with Gasteiger partial charge in [-0.05, 0) is 69.7 Å². The van der Waals surface area contributed by atoms with E-state index in [1.807, 2.05) is 43.0 Å². The Bertz CT molecular complexity index is 1230. The van der Waals surface area contributed by atoms with Crippen LogP contribution in [-0.2, 0) is 19.1 Å². The van der Waals surface area contributed by atoms with Gasteiger partial charge in [-0.1, -0.05) is 38.3 Å². The minimum atomic E-state index is -1.10. The summed E-state index contributed by atoms with van der Waals surface area (Å²) in [6.07, 6.45) is 10.6. The molecule has 2 unspecified atom stereocenters. The maximum atomic E-state index is 14.7. The van der Waals surface area contributed by atoms with E-state index in [2.05, 4.69) is 13.2 Å². The van der Waals surface area contributed by atoms with Crippen molar-refractivity contribution < 1.29 is 29.0 Å². The van der Waals surface area contributed by atoms with Crippen molar-refractivity contribution in [2.75, 3.05) is 37.7 Å². The molecule has 1 aromatic carbocycles. The number of nitrogens with zero attached hydrogens (tertiary/aromatic N) is 3. The highest BCUT2D eigenvalue weighted by molar-refractivity contribution is 6.03. The normalized spacial score (nSPS) is 29.4. The summed E-state index contributed by atoms with van der Waals surface area (Å²) in [5, 5.41) is 9.74. The predicted octanol–water partition coefficient (Wildman–Crippen LogP) is 4.49. The number of carbonyl (C=O) groups is 3. The molecule has 240 valence electrons. The molecule has 5 rings (SSSR count). The number of amides is 3. The van der Waals surface area contributed by atoms with Gasteiger partial charge in [0.2, 0.25) is 17.7 Å². The first-order chi connectivity index (χ1) is 21.3. The quantitative estimate of drug-likeness (QED) is 0.313. The van der Waals surface area contributed by atoms with Crippen LogP contribution in [0.3, 0.4) is 0 Å². The Morgan fingerprint density at radius 1 is 1.07 bits per heavy atom. The van der Waals surface area contributed by atoms with Crippen molar-refractivity contribution in [2.24, 2.45) is 11.8 Å². The van der Waals surface area contributed by atoms with Gasteiger partial charge >= 0.3 is 0 Å². The molecule has 3 saturated heterocycles. The van der Waals surface area contributed by atoms with Gasteiger partial charge in [0.1, 0.15) is 17.4 Å². The van der Waals surface area contributed by atoms with Gasteiger partial charge in [0.15, 0.2) is 0 Å². The Labute approximate surface area is 261 Å². The molecule has 9 nitrogen and oxygen atoms in total. The van der Waals surface area contributed by atoms with Crippen LogP contribution in [0.25, 0.3) is 0 Å². The molecular formula is C35H49N3O6. The van der Waals surface area contributed by atoms with E-state index in [9.17, 15) is 19.5 Å². The molecule has 3 aliphatic heterocycles. The molecule has 44 heavy (non-hydrogen) atoms. The summed E-state index contributed by atoms with van der Waals surface area (Å²) >= 11 is 0. The lowest BCUT2D eigenvalue weighted by molar-refractivity contribution is -0.154. The summed E-state index contributed by atoms with van der Waals surface area (Å²) < 4.78 is 12.6. The number of benzene rings is 1. The Morgan fingerprint density at radius 2 is 1.77 bits per heavy atom. The average Bonchev–Trinajstić information content (AvgIpc) is 3.65. The zero-order valence-electron chi connectivity index (χ0n) is 26.4. The Hall–Kier alpha value is -3.17. The molecule has 1 aliphatic carbocycles. The number of hydrogen-bond acceptors (Lipinski definition) is 6. The number of anilines is 1. The van der Waals surface area contributed by atoms with E-state index in [0.717, 1.165) is 32.1 Å². The van der Waals surface area contributed by atoms with Gasteiger partial charge in [-0.15, -0.1) is 13.2 Å². The highest BCUT2D eigenvalue weighted by Crippen LogP contribution is 2.65. The van der Waals surface area contributed by atoms with Crippen LogP contribution in [0, 0.1) is 11.8 Å². The zero-order valence-corrected chi connectivity index (χ0v) is 26.4. The number of aliphatic hydroxyl groups is 1. The summed E-state index contributed by atoms with van der Waals surface area (Å²) in [4.78, 5) is 49.2. The van der Waals surface area contributed by atoms with Crippen LogP contribution in [-0.4, -0.2) is 88.8 Å². The maximum Gasteiger partial charge on any atom is 0.248 e. The lowest BCUT2D eigenvalue weighted by Gasteiger charge is -2.40. The number of fused-ring (bicyclic) bond motifs is 1. The number of likely N-dealkylation sites (tertiary alicyclic amines) is 1. The van der Waals surface area contributed by atoms with E-state index in [1.165, 1.54) is 0 Å². The smallest absolute Gasteiger partial charge is 0.248 e. The second kappa shape index (κ2) is 13.4. The topological polar surface area (TPSA) is 99.6 Å². The average molecular weight is 608 g/mol. The van der Waals surface area contributed by atoms with Crippen LogP contribution in [0.15, 0.2) is 49.6 Å². The molecule has 4 aliphatic rings. The highest BCUT2D eigenvalue weighted by atomic mass is 16.5. The zero-order chi connectivity index (χ0) is 31.5. The van der Waals surface area contributed by atoms with Crippen molar-refractivity contribution in [3.8, 4) is 5.75 Å². The summed E-state index contributed by atoms with van der Waals surface area (Å²) in [6.45, 7) is 13.1. The van der Waals surface area contributed by atoms with Crippen LogP contribution >= 0.6 is 0 Å². The van der Waals surface area contributed by atoms with E-state index < -0.39 is 29.1 Å². The molecule has 0 aromatic heterocycles. The first-order valence-corrected chi connectivity index (χ1v) is 16.5. The second-order valence-corrected chi connectivity index (χ2v) is 12.7. The molecule has 5 atom stereocenters. The van der Waals surface area contributed by atoms with Crippen molar-refractivity contribution in [1.82, 2.24) is 9.80 Å². The molecule has 3 amide bonds. The van der Waals surface area contributed by atoms with Crippen molar-refractivity contribution in [1.29, 1.82) is 0 Å². The number of aliphatic hydroxyl groups excluding tert-OH is 1. The third kappa shape index (κ3) is 5.36. The minimum absolute atomic E-state index is 0.0819. The van der Waals surface area contributed by atoms with Crippen LogP contribution in [0.1, 0.15) is 71.6 Å². The van der Waals surface area contributed by atoms with Gasteiger partial charge in [0, 0.05) is 38.0 Å². The van der Waals surface area contributed by atoms with Crippen LogP contribution in [0.4, 0.5) is 5.69 Å². The van der Waals surface area contributed by atoms with Crippen molar-refractivity contribution >= 4 is 23.4 Å². The fourth-order valence-corrected chi connectivity index (χ4v) is 8.47. The van der Waals surface area contributed by atoms with Gasteiger partial charge in [0.25, 0.3) is 0 Å². The van der Waals surface area contributed by atoms with Crippen molar-refractivity contribution in [3.05, 3.63) is 49.6 Å². The lowest BCUT2D eigenvalue weighted by atomic mass is 9.64. The molecule has 9 heteroatoms. The largest absolute Gasteiger partial charge is 0.494 e. The Kier molecular flexibility index (Phi) is 9.85. The van der Waals surface area contributed by atoms with E-state index in [1.54, 1.807) is 22.0 Å². The fourth-order valence-electron chi connectivity index (χ4n) is 8.47. The number of ether oxygens (including phenoxy) is 2. The monoisotopic (exact) mass is 607 g/mol. The molecule has 1 N–H and O–H groups in total. The summed E-state index contributed by atoms with van der Waals surface area (Å²) in [6, 6.07) is 6.60. The summed E-state index contributed by atoms with van der Waals surface area (Å²) in [5.41, 5.74) is -1.27. The van der Waals surface area contributed by atoms with Crippen molar-refractivity contribution in [3.63, 3.8) is 0 Å². The molecule has 4 fully saturated rings. The number of rotatable bonds is 14. The van der Waals surface area contributed by atoms with Gasteiger partial charge in [-0.2, -0.15) is 0 Å². The highest BCUT2D eigenvalue weighted by Gasteiger charge is 2.79. The molecular weight excluding hydrogens is 558 g/mol. The molecule has 1 spiro atoms. The van der Waals surface area contributed by atoms with Crippen LogP contribution in [0.5, 0.6) is 5.75 Å². The Morgan fingerprint density at radius 3 is 2.39 bits per heavy atom. The molecule has 2 bridgehead atoms. The number of carbonyl (C=O) groups excluding carboxylic acids is 3. The summed E-state index contributed by atoms with van der Waals surface area (Å²) in [5.74, 6) is -1.37. The van der Waals surface area contributed by atoms with Gasteiger partial charge < -0.3 is 29.3 Å². The van der Waals surface area contributed by atoms with Crippen LogP contribution < -0.4 is 9.64 Å². The number of hydrogen-bond donors (Lipinski definition) is 1. The summed E-state index contributed by atoms with van der Waals surface area (Å²) in [7, 11) is 0. The second-order valence-electron chi connectivity index (χ2n) is 12.7. The maximum absolute atomic E-state index is 14.7. The van der Waals surface area contributed by atoms with E-state index in [4.69, 9.17) is 9.47 Å². The predicted molar refractivity (Wildman–Crippen MR) is 169 cm³/mol. The van der Waals surface area contributed by atoms with E-state index >= 15 is 0 Å². The first kappa shape index (κ1) is 32.2. The molecule has 1 saturated carbocycles. The molecule has 0 radical (unpaired) electrons. The third-order valence-electron chi connectivity index (χ3n) is 10.4. The SMILES string of the molecule is C=CCN(C(=O)[C@H]1[C@H]2C(=O)N(CCCO)C(C(=O)N(CC=C)C3CCCCC3)C23CC[C@]1(CC)O3)c1ccc(OCC)cc1. The fraction of sp³-hybridized carbons (Fsp3) is 0.629. The van der Waals surface area contributed by atoms with Crippen molar-refractivity contribution in [2.45, 2.75) is 94.9 Å². The van der Waals surface area contributed by atoms with Gasteiger partial charge in [0.05, 0.1) is 24.0 Å². The standard InChI is InChI=1S/C35H49N3O6/c1-5-21-36(26-15-17-27(18-16-26)43-8-4)31(40)28-29-32(41)38(23-12-24-39)30(35(29)20-19-34(28,7-3)44-35)33(42)37(22-6-2)25-13-10-9-11-14-25/h5-6,15-18,25,28-30,39H,1-2,7-14,19-24H2,3-4H3/t28-,29+,30?,34+,35?/m1/s1. The van der Waals surface area contributed by atoms with Gasteiger partial charge in [-0.25, -0.2) is 0 Å². The van der Waals surface area contributed by atoms with E-state index in [-0.39, 0.29) is 43.5 Å². The molecule has 1 aromatic rings. The van der Waals surface area contributed by atoms with Gasteiger partial charge in [-0.3, -0.25) is 14.4 Å². The first-order valence-electron chi connectivity index (χ1n) is 16.5. The Balaban J connectivity index is 1.55. The van der Waals surface area contributed by atoms with E-state index in [0.29, 0.717) is 50.3 Å². The lowest BCUT2D eigenvalue weighted by Crippen LogP contribution is -2.58. The third-order valence-corrected chi connectivity index (χ3v) is 10.4. The van der Waals surface area contributed by atoms with Crippen LogP contribution in [0.2, 0.25) is 0 Å². The minimum Gasteiger partial charge on any atom is -0.494 e. The molecule has 3 heterocycles.